The second-order valence-corrected chi connectivity index (χ2v) is 4.73. The van der Waals surface area contributed by atoms with E-state index in [0.717, 1.165) is 4.47 Å². The van der Waals surface area contributed by atoms with Gasteiger partial charge in [0, 0.05) is 16.9 Å². The SMILES string of the molecule is Brc1ccc(-c2ccncc2)c2ccccc12. The van der Waals surface area contributed by atoms with Crippen molar-refractivity contribution in [3.63, 3.8) is 0 Å². The zero-order chi connectivity index (χ0) is 11.7. The first-order chi connectivity index (χ1) is 8.36. The van der Waals surface area contributed by atoms with Crippen LogP contribution in [0.2, 0.25) is 0 Å². The second-order valence-electron chi connectivity index (χ2n) is 3.88. The molecule has 2 heteroatoms. The summed E-state index contributed by atoms with van der Waals surface area (Å²) in [5.41, 5.74) is 2.44. The average molecular weight is 284 g/mol. The molecule has 0 bridgehead atoms. The van der Waals surface area contributed by atoms with Crippen LogP contribution in [-0.4, -0.2) is 4.98 Å². The van der Waals surface area contributed by atoms with Gasteiger partial charge in [-0.1, -0.05) is 46.3 Å². The van der Waals surface area contributed by atoms with E-state index in [4.69, 9.17) is 0 Å². The first-order valence-electron chi connectivity index (χ1n) is 5.44. The van der Waals surface area contributed by atoms with E-state index < -0.39 is 0 Å². The van der Waals surface area contributed by atoms with Crippen LogP contribution < -0.4 is 0 Å². The van der Waals surface area contributed by atoms with Gasteiger partial charge < -0.3 is 0 Å². The number of pyridine rings is 1. The molecule has 0 aliphatic rings. The van der Waals surface area contributed by atoms with Gasteiger partial charge in [0.05, 0.1) is 0 Å². The molecule has 0 saturated heterocycles. The zero-order valence-corrected chi connectivity index (χ0v) is 10.7. The Hall–Kier alpha value is -1.67. The number of hydrogen-bond acceptors (Lipinski definition) is 1. The van der Waals surface area contributed by atoms with Gasteiger partial charge in [-0.05, 0) is 40.1 Å². The maximum absolute atomic E-state index is 4.06. The van der Waals surface area contributed by atoms with E-state index in [1.54, 1.807) is 0 Å². The molecular weight excluding hydrogens is 274 g/mol. The van der Waals surface area contributed by atoms with E-state index in [0.29, 0.717) is 0 Å². The number of hydrogen-bond donors (Lipinski definition) is 0. The van der Waals surface area contributed by atoms with E-state index in [-0.39, 0.29) is 0 Å². The molecule has 0 amide bonds. The number of rotatable bonds is 1. The Morgan fingerprint density at radius 1 is 0.765 bits per heavy atom. The Bertz CT molecular complexity index is 662. The third-order valence-corrected chi connectivity index (χ3v) is 3.55. The molecule has 0 N–H and O–H groups in total. The highest BCUT2D eigenvalue weighted by atomic mass is 79.9. The molecule has 0 unspecified atom stereocenters. The van der Waals surface area contributed by atoms with Gasteiger partial charge in [-0.3, -0.25) is 4.98 Å². The molecule has 3 rings (SSSR count). The Morgan fingerprint density at radius 2 is 1.47 bits per heavy atom. The molecule has 3 aromatic rings. The second kappa shape index (κ2) is 4.30. The Balaban J connectivity index is 2.35. The minimum atomic E-state index is 1.13. The molecule has 1 nitrogen and oxygen atoms in total. The van der Waals surface area contributed by atoms with E-state index in [1.165, 1.54) is 21.9 Å². The summed E-state index contributed by atoms with van der Waals surface area (Å²) >= 11 is 3.59. The molecule has 0 saturated carbocycles. The molecule has 0 aliphatic carbocycles. The molecule has 0 aliphatic heterocycles. The van der Waals surface area contributed by atoms with Crippen molar-refractivity contribution in [2.24, 2.45) is 0 Å². The lowest BCUT2D eigenvalue weighted by Crippen LogP contribution is -1.82. The van der Waals surface area contributed by atoms with E-state index >= 15 is 0 Å². The fourth-order valence-corrected chi connectivity index (χ4v) is 2.52. The average Bonchev–Trinajstić information content (AvgIpc) is 2.41. The minimum Gasteiger partial charge on any atom is -0.265 e. The normalized spacial score (nSPS) is 10.6. The van der Waals surface area contributed by atoms with Crippen LogP contribution in [0.15, 0.2) is 65.4 Å². The van der Waals surface area contributed by atoms with Gasteiger partial charge in [-0.25, -0.2) is 0 Å². The number of halogens is 1. The van der Waals surface area contributed by atoms with Crippen LogP contribution in [0.4, 0.5) is 0 Å². The summed E-state index contributed by atoms with van der Waals surface area (Å²) in [6.07, 6.45) is 3.65. The van der Waals surface area contributed by atoms with Crippen molar-refractivity contribution in [3.05, 3.63) is 65.4 Å². The predicted molar refractivity (Wildman–Crippen MR) is 74.9 cm³/mol. The predicted octanol–water partition coefficient (Wildman–Crippen LogP) is 4.66. The quantitative estimate of drug-likeness (QED) is 0.633. The number of fused-ring (bicyclic) bond motifs is 1. The molecule has 1 heterocycles. The van der Waals surface area contributed by atoms with Crippen LogP contribution in [0.5, 0.6) is 0 Å². The van der Waals surface area contributed by atoms with E-state index in [2.05, 4.69) is 57.3 Å². The lowest BCUT2D eigenvalue weighted by molar-refractivity contribution is 1.33. The molecule has 0 spiro atoms. The highest BCUT2D eigenvalue weighted by Gasteiger charge is 2.05. The van der Waals surface area contributed by atoms with Crippen molar-refractivity contribution in [2.45, 2.75) is 0 Å². The summed E-state index contributed by atoms with van der Waals surface area (Å²) in [4.78, 5) is 4.06. The summed E-state index contributed by atoms with van der Waals surface area (Å²) in [7, 11) is 0. The fourth-order valence-electron chi connectivity index (χ4n) is 2.05. The molecule has 17 heavy (non-hydrogen) atoms. The summed E-state index contributed by atoms with van der Waals surface area (Å²) in [5.74, 6) is 0. The first kappa shape index (κ1) is 10.5. The van der Waals surface area contributed by atoms with Crippen LogP contribution in [-0.2, 0) is 0 Å². The highest BCUT2D eigenvalue weighted by molar-refractivity contribution is 9.10. The minimum absolute atomic E-state index is 1.13. The maximum atomic E-state index is 4.06. The van der Waals surface area contributed by atoms with Crippen LogP contribution in [0.25, 0.3) is 21.9 Å². The van der Waals surface area contributed by atoms with Crippen molar-refractivity contribution in [3.8, 4) is 11.1 Å². The van der Waals surface area contributed by atoms with Gasteiger partial charge >= 0.3 is 0 Å². The van der Waals surface area contributed by atoms with Crippen molar-refractivity contribution in [2.75, 3.05) is 0 Å². The van der Waals surface area contributed by atoms with Gasteiger partial charge in [0.2, 0.25) is 0 Å². The molecule has 0 fully saturated rings. The topological polar surface area (TPSA) is 12.9 Å². The molecule has 1 aromatic heterocycles. The maximum Gasteiger partial charge on any atom is 0.0273 e. The van der Waals surface area contributed by atoms with E-state index in [1.807, 2.05) is 24.5 Å². The van der Waals surface area contributed by atoms with Gasteiger partial charge in [0.15, 0.2) is 0 Å². The van der Waals surface area contributed by atoms with Crippen LogP contribution >= 0.6 is 15.9 Å². The summed E-state index contributed by atoms with van der Waals surface area (Å²) in [5, 5.41) is 2.50. The zero-order valence-electron chi connectivity index (χ0n) is 9.10. The monoisotopic (exact) mass is 283 g/mol. The number of aromatic nitrogens is 1. The Kier molecular flexibility index (Phi) is 2.65. The van der Waals surface area contributed by atoms with Gasteiger partial charge in [-0.15, -0.1) is 0 Å². The highest BCUT2D eigenvalue weighted by Crippen LogP contribution is 2.32. The van der Waals surface area contributed by atoms with Gasteiger partial charge in [0.1, 0.15) is 0 Å². The number of benzene rings is 2. The van der Waals surface area contributed by atoms with Gasteiger partial charge in [0.25, 0.3) is 0 Å². The summed E-state index contributed by atoms with van der Waals surface area (Å²) in [6, 6.07) is 16.7. The lowest BCUT2D eigenvalue weighted by Gasteiger charge is -2.08. The summed E-state index contributed by atoms with van der Waals surface area (Å²) < 4.78 is 1.13. The smallest absolute Gasteiger partial charge is 0.0273 e. The third-order valence-electron chi connectivity index (χ3n) is 2.86. The molecule has 2 aromatic carbocycles. The van der Waals surface area contributed by atoms with Crippen molar-refractivity contribution >= 4 is 26.7 Å². The summed E-state index contributed by atoms with van der Waals surface area (Å²) in [6.45, 7) is 0. The third kappa shape index (κ3) is 1.85. The van der Waals surface area contributed by atoms with Crippen molar-refractivity contribution in [1.82, 2.24) is 4.98 Å². The molecule has 82 valence electrons. The first-order valence-corrected chi connectivity index (χ1v) is 6.23. The number of nitrogens with zero attached hydrogens (tertiary/aromatic N) is 1. The van der Waals surface area contributed by atoms with Crippen LogP contribution in [0.3, 0.4) is 0 Å². The Labute approximate surface area is 108 Å². The van der Waals surface area contributed by atoms with Crippen LogP contribution in [0.1, 0.15) is 0 Å². The molecular formula is C15H10BrN. The Morgan fingerprint density at radius 3 is 2.24 bits per heavy atom. The molecule has 0 atom stereocenters. The largest absolute Gasteiger partial charge is 0.265 e. The van der Waals surface area contributed by atoms with Crippen LogP contribution in [0, 0.1) is 0 Å². The lowest BCUT2D eigenvalue weighted by atomic mass is 9.99. The molecule has 0 radical (unpaired) electrons. The van der Waals surface area contributed by atoms with Crippen molar-refractivity contribution < 1.29 is 0 Å². The standard InChI is InChI=1S/C15H10BrN/c16-15-6-5-12(11-7-9-17-10-8-11)13-3-1-2-4-14(13)15/h1-10H. The van der Waals surface area contributed by atoms with Crippen molar-refractivity contribution in [1.29, 1.82) is 0 Å². The fraction of sp³-hybridized carbons (Fsp3) is 0. The van der Waals surface area contributed by atoms with Gasteiger partial charge in [-0.2, -0.15) is 0 Å². The van der Waals surface area contributed by atoms with E-state index in [9.17, 15) is 0 Å².